The third kappa shape index (κ3) is 6.23. The molecule has 1 aliphatic heterocycles. The maximum Gasteiger partial charge on any atom is 0.485 e. The van der Waals surface area contributed by atoms with E-state index >= 15 is 0 Å². The molecule has 0 aromatic heterocycles. The lowest BCUT2D eigenvalue weighted by Gasteiger charge is -2.08. The van der Waals surface area contributed by atoms with Crippen LogP contribution in [-0.4, -0.2) is 38.1 Å². The molecule has 0 saturated carbocycles. The molecule has 0 aromatic rings. The molecule has 104 valence electrons. The summed E-state index contributed by atoms with van der Waals surface area (Å²) in [5.41, 5.74) is -5.65. The fraction of sp³-hybridized carbons (Fsp3) is 1.00. The van der Waals surface area contributed by atoms with Crippen LogP contribution in [0.1, 0.15) is 26.7 Å². The Labute approximate surface area is 99.5 Å². The fourth-order valence-electron chi connectivity index (χ4n) is 1.69. The van der Waals surface area contributed by atoms with Gasteiger partial charge in [-0.2, -0.15) is 13.2 Å². The lowest BCUT2D eigenvalue weighted by atomic mass is 10.1. The standard InChI is InChI=1S/C8H17N.CHF3O3S/c1-3-8-5-6-9(4-2)7-8;2-1(3,4)8(5,6)7/h8H,3-7H2,1-2H3;(H,5,6,7). The van der Waals surface area contributed by atoms with Crippen molar-refractivity contribution in [3.05, 3.63) is 0 Å². The van der Waals surface area contributed by atoms with Crippen LogP contribution in [0.25, 0.3) is 0 Å². The maximum absolute atomic E-state index is 10.7. The predicted molar refractivity (Wildman–Crippen MR) is 55.4 cm³/mol. The van der Waals surface area contributed by atoms with Gasteiger partial charge in [0.15, 0.2) is 10.1 Å². The summed E-state index contributed by atoms with van der Waals surface area (Å²) in [4.78, 5) is 1.81. The van der Waals surface area contributed by atoms with Crippen molar-refractivity contribution >= 4 is 10.1 Å². The van der Waals surface area contributed by atoms with E-state index in [1.54, 1.807) is 0 Å². The normalized spacial score (nSPS) is 25.3. The molecule has 17 heavy (non-hydrogen) atoms. The first-order valence-electron chi connectivity index (χ1n) is 5.47. The van der Waals surface area contributed by atoms with E-state index in [-0.39, 0.29) is 0 Å². The number of rotatable bonds is 2. The quantitative estimate of drug-likeness (QED) is 0.586. The minimum absolute atomic E-state index is 1.04. The Morgan fingerprint density at radius 1 is 1.35 bits per heavy atom. The summed E-state index contributed by atoms with van der Waals surface area (Å²) in [6.45, 7) is 8.79. The van der Waals surface area contributed by atoms with Gasteiger partial charge in [0.25, 0.3) is 0 Å². The van der Waals surface area contributed by atoms with Gasteiger partial charge in [-0.05, 0) is 13.3 Å². The number of alkyl halides is 3. The molecule has 8 heteroatoms. The summed E-state index contributed by atoms with van der Waals surface area (Å²) < 4.78 is 58.9. The van der Waals surface area contributed by atoms with E-state index in [4.69, 9.17) is 13.0 Å². The van der Waals surface area contributed by atoms with E-state index in [9.17, 15) is 13.2 Å². The summed E-state index contributed by atoms with van der Waals surface area (Å²) in [5, 5.41) is 0. The van der Waals surface area contributed by atoms with Gasteiger partial charge < -0.3 is 9.45 Å². The summed E-state index contributed by atoms with van der Waals surface area (Å²) >= 11 is 0. The van der Waals surface area contributed by atoms with Crippen LogP contribution in [0.4, 0.5) is 13.2 Å². The maximum atomic E-state index is 10.7. The number of hydrogen-bond acceptors (Lipinski definition) is 3. The highest BCUT2D eigenvalue weighted by atomic mass is 32.2. The number of nitrogens with one attached hydrogen (secondary N) is 1. The van der Waals surface area contributed by atoms with Gasteiger partial charge in [-0.1, -0.05) is 6.92 Å². The van der Waals surface area contributed by atoms with Crippen molar-refractivity contribution in [3.63, 3.8) is 0 Å². The van der Waals surface area contributed by atoms with Crippen molar-refractivity contribution in [2.24, 2.45) is 5.92 Å². The van der Waals surface area contributed by atoms with Gasteiger partial charge in [0, 0.05) is 12.3 Å². The highest BCUT2D eigenvalue weighted by Gasteiger charge is 2.36. The summed E-state index contributed by atoms with van der Waals surface area (Å²) in [5.74, 6) is 1.04. The van der Waals surface area contributed by atoms with E-state index < -0.39 is 15.6 Å². The molecule has 1 N–H and O–H groups in total. The van der Waals surface area contributed by atoms with E-state index in [1.807, 2.05) is 4.90 Å². The Kier molecular flexibility index (Phi) is 6.42. The van der Waals surface area contributed by atoms with Crippen molar-refractivity contribution in [1.29, 1.82) is 0 Å². The number of quaternary nitrogens is 1. The van der Waals surface area contributed by atoms with E-state index in [0.29, 0.717) is 0 Å². The number of likely N-dealkylation sites (tertiary alicyclic amines) is 1. The van der Waals surface area contributed by atoms with Crippen LogP contribution in [0.2, 0.25) is 0 Å². The van der Waals surface area contributed by atoms with Gasteiger partial charge in [0.05, 0.1) is 19.6 Å². The molecular formula is C9H18F3NO3S. The molecule has 0 amide bonds. The molecule has 1 aliphatic rings. The first-order valence-corrected chi connectivity index (χ1v) is 6.88. The van der Waals surface area contributed by atoms with Crippen molar-refractivity contribution in [2.45, 2.75) is 32.2 Å². The van der Waals surface area contributed by atoms with Crippen LogP contribution in [0.15, 0.2) is 0 Å². The zero-order valence-corrected chi connectivity index (χ0v) is 10.7. The predicted octanol–water partition coefficient (Wildman–Crippen LogP) is 0.373. The van der Waals surface area contributed by atoms with Crippen LogP contribution >= 0.6 is 0 Å². The topological polar surface area (TPSA) is 61.6 Å². The molecule has 2 unspecified atom stereocenters. The molecule has 4 nitrogen and oxygen atoms in total. The SMILES string of the molecule is CCC1CC[NH+](CC)C1.O=S(=O)([O-])C(F)(F)F. The number of hydrogen-bond donors (Lipinski definition) is 1. The van der Waals surface area contributed by atoms with Gasteiger partial charge in [-0.15, -0.1) is 0 Å². The lowest BCUT2D eigenvalue weighted by Crippen LogP contribution is -3.09. The molecule has 1 saturated heterocycles. The van der Waals surface area contributed by atoms with Crippen molar-refractivity contribution in [3.8, 4) is 0 Å². The number of halogens is 3. The van der Waals surface area contributed by atoms with E-state index in [0.717, 1.165) is 5.92 Å². The van der Waals surface area contributed by atoms with Crippen LogP contribution in [-0.2, 0) is 10.1 Å². The zero-order chi connectivity index (χ0) is 13.7. The minimum Gasteiger partial charge on any atom is -0.741 e. The average molecular weight is 277 g/mol. The smallest absolute Gasteiger partial charge is 0.485 e. The van der Waals surface area contributed by atoms with E-state index in [1.165, 1.54) is 32.5 Å². The second kappa shape index (κ2) is 6.55. The molecular weight excluding hydrogens is 259 g/mol. The van der Waals surface area contributed by atoms with Crippen LogP contribution in [0.3, 0.4) is 0 Å². The third-order valence-electron chi connectivity index (χ3n) is 2.84. The Morgan fingerprint density at radius 3 is 2.00 bits per heavy atom. The summed E-state index contributed by atoms with van der Waals surface area (Å²) in [7, 11) is -6.09. The van der Waals surface area contributed by atoms with Crippen LogP contribution in [0.5, 0.6) is 0 Å². The Balaban J connectivity index is 0.000000304. The van der Waals surface area contributed by atoms with Crippen LogP contribution in [0, 0.1) is 5.92 Å². The lowest BCUT2D eigenvalue weighted by molar-refractivity contribution is -0.887. The molecule has 0 spiro atoms. The van der Waals surface area contributed by atoms with Gasteiger partial charge in [0.2, 0.25) is 0 Å². The molecule has 0 aromatic carbocycles. The first-order chi connectivity index (χ1) is 7.61. The fourth-order valence-corrected chi connectivity index (χ4v) is 1.69. The van der Waals surface area contributed by atoms with Crippen molar-refractivity contribution in [2.75, 3.05) is 19.6 Å². The van der Waals surface area contributed by atoms with E-state index in [2.05, 4.69) is 13.8 Å². The van der Waals surface area contributed by atoms with Crippen molar-refractivity contribution in [1.82, 2.24) is 0 Å². The van der Waals surface area contributed by atoms with Gasteiger partial charge in [0.1, 0.15) is 0 Å². The second-order valence-electron chi connectivity index (χ2n) is 4.02. The van der Waals surface area contributed by atoms with Gasteiger partial charge in [-0.25, -0.2) is 8.42 Å². The molecule has 0 aliphatic carbocycles. The largest absolute Gasteiger partial charge is 0.741 e. The monoisotopic (exact) mass is 277 g/mol. The average Bonchev–Trinajstić information content (AvgIpc) is 2.63. The van der Waals surface area contributed by atoms with Crippen molar-refractivity contribution < 1.29 is 31.0 Å². The molecule has 1 heterocycles. The van der Waals surface area contributed by atoms with Crippen LogP contribution < -0.4 is 4.90 Å². The van der Waals surface area contributed by atoms with Gasteiger partial charge in [-0.3, -0.25) is 0 Å². The molecule has 0 radical (unpaired) electrons. The Bertz CT molecular complexity index is 306. The minimum atomic E-state index is -6.09. The summed E-state index contributed by atoms with van der Waals surface area (Å²) in [6, 6.07) is 0. The Morgan fingerprint density at radius 2 is 1.82 bits per heavy atom. The summed E-state index contributed by atoms with van der Waals surface area (Å²) in [6.07, 6.45) is 2.86. The molecule has 0 bridgehead atoms. The zero-order valence-electron chi connectivity index (χ0n) is 9.88. The molecule has 2 atom stereocenters. The molecule has 1 rings (SSSR count). The van der Waals surface area contributed by atoms with Gasteiger partial charge >= 0.3 is 5.51 Å². The highest BCUT2D eigenvalue weighted by Crippen LogP contribution is 2.20. The second-order valence-corrected chi connectivity index (χ2v) is 5.39. The third-order valence-corrected chi connectivity index (χ3v) is 3.41. The Hall–Kier alpha value is -0.340. The highest BCUT2D eigenvalue weighted by molar-refractivity contribution is 7.86. The first kappa shape index (κ1) is 16.7. The molecule has 1 fully saturated rings.